The third kappa shape index (κ3) is 7.34. The Balaban J connectivity index is 1.45. The molecule has 2 saturated heterocycles. The number of carbonyl (C=O) groups excluding carboxylic acids is 1. The lowest BCUT2D eigenvalue weighted by Crippen LogP contribution is -2.56. The van der Waals surface area contributed by atoms with Crippen molar-refractivity contribution < 1.29 is 19.0 Å². The molecule has 2 aliphatic heterocycles. The van der Waals surface area contributed by atoms with Crippen LogP contribution in [0.2, 0.25) is 5.02 Å². The molecule has 2 fully saturated rings. The van der Waals surface area contributed by atoms with Crippen LogP contribution < -0.4 is 15.2 Å². The van der Waals surface area contributed by atoms with Gasteiger partial charge in [0, 0.05) is 36.8 Å². The maximum Gasteiger partial charge on any atom is 0.220 e. The van der Waals surface area contributed by atoms with Crippen molar-refractivity contribution in [1.82, 2.24) is 9.80 Å². The van der Waals surface area contributed by atoms with Gasteiger partial charge in [-0.15, -0.1) is 0 Å². The number of nitrogens with two attached hydrogens (primary N) is 1. The molecule has 8 heteroatoms. The van der Waals surface area contributed by atoms with Gasteiger partial charge in [0.2, 0.25) is 5.91 Å². The van der Waals surface area contributed by atoms with Gasteiger partial charge in [-0.25, -0.2) is 0 Å². The topological polar surface area (TPSA) is 77.3 Å². The molecule has 1 amide bonds. The summed E-state index contributed by atoms with van der Waals surface area (Å²) in [5.74, 6) is 1.16. The second-order valence-electron chi connectivity index (χ2n) is 9.61. The molecule has 2 aromatic carbocycles. The van der Waals surface area contributed by atoms with Crippen molar-refractivity contribution >= 4 is 17.5 Å². The van der Waals surface area contributed by atoms with Crippen LogP contribution in [0.3, 0.4) is 0 Å². The first-order chi connectivity index (χ1) is 16.9. The van der Waals surface area contributed by atoms with Gasteiger partial charge >= 0.3 is 0 Å². The van der Waals surface area contributed by atoms with Crippen LogP contribution in [0.25, 0.3) is 0 Å². The maximum atomic E-state index is 11.9. The summed E-state index contributed by atoms with van der Waals surface area (Å²) in [6.07, 6.45) is 3.93. The third-order valence-corrected chi connectivity index (χ3v) is 6.95. The zero-order chi connectivity index (χ0) is 24.7. The molecular formula is C27H36ClN3O4. The summed E-state index contributed by atoms with van der Waals surface area (Å²) in [6, 6.07) is 13.6. The molecule has 0 bridgehead atoms. The summed E-state index contributed by atoms with van der Waals surface area (Å²) in [7, 11) is 1.73. The normalized spacial score (nSPS) is 21.5. The first-order valence-corrected chi connectivity index (χ1v) is 12.7. The van der Waals surface area contributed by atoms with Crippen molar-refractivity contribution in [3.63, 3.8) is 0 Å². The zero-order valence-corrected chi connectivity index (χ0v) is 21.3. The minimum Gasteiger partial charge on any atom is -0.496 e. The second kappa shape index (κ2) is 12.1. The van der Waals surface area contributed by atoms with Gasteiger partial charge in [-0.2, -0.15) is 0 Å². The number of nitrogens with zero attached hydrogens (tertiary/aromatic N) is 2. The minimum absolute atomic E-state index is 0.0902. The summed E-state index contributed by atoms with van der Waals surface area (Å²) in [4.78, 5) is 16.7. The lowest BCUT2D eigenvalue weighted by Gasteiger charge is -2.42. The predicted octanol–water partition coefficient (Wildman–Crippen LogP) is 3.86. The fourth-order valence-electron chi connectivity index (χ4n) is 5.06. The van der Waals surface area contributed by atoms with Gasteiger partial charge in [-0.05, 0) is 61.8 Å². The number of primary amides is 1. The van der Waals surface area contributed by atoms with E-state index in [0.29, 0.717) is 23.9 Å². The van der Waals surface area contributed by atoms with Crippen LogP contribution in [0.15, 0.2) is 42.5 Å². The summed E-state index contributed by atoms with van der Waals surface area (Å²) >= 11 is 6.09. The van der Waals surface area contributed by atoms with E-state index in [2.05, 4.69) is 28.0 Å². The van der Waals surface area contributed by atoms with E-state index in [1.54, 1.807) is 19.2 Å². The molecule has 35 heavy (non-hydrogen) atoms. The molecule has 0 aromatic heterocycles. The van der Waals surface area contributed by atoms with Gasteiger partial charge in [0.15, 0.2) is 0 Å². The monoisotopic (exact) mass is 501 g/mol. The Hall–Kier alpha value is -2.32. The number of rotatable bonds is 10. The zero-order valence-electron chi connectivity index (χ0n) is 20.5. The number of hydrogen-bond acceptors (Lipinski definition) is 6. The average Bonchev–Trinajstić information content (AvgIpc) is 2.84. The van der Waals surface area contributed by atoms with Crippen molar-refractivity contribution in [3.05, 3.63) is 58.6 Å². The highest BCUT2D eigenvalue weighted by Gasteiger charge is 2.39. The average molecular weight is 502 g/mol. The van der Waals surface area contributed by atoms with Crippen LogP contribution in [-0.2, 0) is 22.6 Å². The van der Waals surface area contributed by atoms with Gasteiger partial charge in [0.05, 0.1) is 20.1 Å². The number of morpholine rings is 1. The lowest BCUT2D eigenvalue weighted by atomic mass is 9.97. The van der Waals surface area contributed by atoms with Gasteiger partial charge in [-0.1, -0.05) is 30.2 Å². The van der Waals surface area contributed by atoms with Gasteiger partial charge in [0.1, 0.15) is 23.7 Å². The molecule has 0 saturated carbocycles. The number of amides is 1. The highest BCUT2D eigenvalue weighted by Crippen LogP contribution is 2.28. The summed E-state index contributed by atoms with van der Waals surface area (Å²) in [5, 5.41) is 0.595. The van der Waals surface area contributed by atoms with Crippen molar-refractivity contribution in [3.8, 4) is 11.5 Å². The SMILES string of the molecule is COc1ccc(CN2CCOC(COc3cccc(Cl)c3)(CC(N)=O)C2)cc1CN1CCCCC1. The molecule has 2 N–H and O–H groups in total. The standard InChI is InChI=1S/C27H36ClN3O4/c1-33-25-9-8-21(14-22(25)18-30-10-3-2-4-11-30)17-31-12-13-35-27(19-31,16-26(29)32)20-34-24-7-5-6-23(28)15-24/h5-9,14-15H,2-4,10-13,16-20H2,1H3,(H2,29,32). The Morgan fingerprint density at radius 2 is 1.91 bits per heavy atom. The number of benzene rings is 2. The largest absolute Gasteiger partial charge is 0.496 e. The number of likely N-dealkylation sites (tertiary alicyclic amines) is 1. The molecule has 0 radical (unpaired) electrons. The van der Waals surface area contributed by atoms with E-state index in [0.717, 1.165) is 38.5 Å². The number of methoxy groups -OCH3 is 1. The molecule has 0 aliphatic carbocycles. The Morgan fingerprint density at radius 1 is 1.09 bits per heavy atom. The first kappa shape index (κ1) is 25.8. The summed E-state index contributed by atoms with van der Waals surface area (Å²) in [5.41, 5.74) is 7.22. The maximum absolute atomic E-state index is 11.9. The van der Waals surface area contributed by atoms with E-state index in [-0.39, 0.29) is 13.0 Å². The molecule has 2 aliphatic rings. The fourth-order valence-corrected chi connectivity index (χ4v) is 5.24. The van der Waals surface area contributed by atoms with Crippen LogP contribution in [0.1, 0.15) is 36.8 Å². The summed E-state index contributed by atoms with van der Waals surface area (Å²) in [6.45, 7) is 5.96. The van der Waals surface area contributed by atoms with Crippen LogP contribution in [0.4, 0.5) is 0 Å². The van der Waals surface area contributed by atoms with Crippen molar-refractivity contribution in [2.75, 3.05) is 46.5 Å². The van der Waals surface area contributed by atoms with Crippen LogP contribution in [0, 0.1) is 0 Å². The van der Waals surface area contributed by atoms with Crippen molar-refractivity contribution in [1.29, 1.82) is 0 Å². The van der Waals surface area contributed by atoms with E-state index in [4.69, 9.17) is 31.5 Å². The number of piperidine rings is 1. The Morgan fingerprint density at radius 3 is 2.66 bits per heavy atom. The molecule has 2 heterocycles. The number of carbonyl (C=O) groups is 1. The van der Waals surface area contributed by atoms with E-state index in [9.17, 15) is 4.79 Å². The van der Waals surface area contributed by atoms with E-state index in [1.807, 2.05) is 12.1 Å². The molecule has 0 spiro atoms. The van der Waals surface area contributed by atoms with E-state index < -0.39 is 11.5 Å². The van der Waals surface area contributed by atoms with E-state index in [1.165, 1.54) is 30.4 Å². The van der Waals surface area contributed by atoms with Crippen LogP contribution in [-0.4, -0.2) is 67.8 Å². The minimum atomic E-state index is -0.810. The van der Waals surface area contributed by atoms with Crippen molar-refractivity contribution in [2.24, 2.45) is 5.73 Å². The highest BCUT2D eigenvalue weighted by molar-refractivity contribution is 6.30. The Labute approximate surface area is 213 Å². The number of hydrogen-bond donors (Lipinski definition) is 1. The number of halogens is 1. The quantitative estimate of drug-likeness (QED) is 0.532. The van der Waals surface area contributed by atoms with E-state index >= 15 is 0 Å². The molecule has 7 nitrogen and oxygen atoms in total. The van der Waals surface area contributed by atoms with Gasteiger partial charge < -0.3 is 19.9 Å². The van der Waals surface area contributed by atoms with Gasteiger partial charge in [-0.3, -0.25) is 14.6 Å². The number of ether oxygens (including phenoxy) is 3. The fraction of sp³-hybridized carbons (Fsp3) is 0.519. The Bertz CT molecular complexity index is 998. The molecule has 190 valence electrons. The smallest absolute Gasteiger partial charge is 0.220 e. The van der Waals surface area contributed by atoms with Crippen LogP contribution >= 0.6 is 11.6 Å². The molecular weight excluding hydrogens is 466 g/mol. The molecule has 4 rings (SSSR count). The molecule has 2 aromatic rings. The van der Waals surface area contributed by atoms with Gasteiger partial charge in [0.25, 0.3) is 0 Å². The Kier molecular flexibility index (Phi) is 8.89. The highest BCUT2D eigenvalue weighted by atomic mass is 35.5. The molecule has 1 unspecified atom stereocenters. The predicted molar refractivity (Wildman–Crippen MR) is 137 cm³/mol. The second-order valence-corrected chi connectivity index (χ2v) is 10.1. The first-order valence-electron chi connectivity index (χ1n) is 12.4. The van der Waals surface area contributed by atoms with Crippen LogP contribution in [0.5, 0.6) is 11.5 Å². The third-order valence-electron chi connectivity index (χ3n) is 6.72. The lowest BCUT2D eigenvalue weighted by molar-refractivity contribution is -0.148. The molecule has 1 atom stereocenters. The summed E-state index contributed by atoms with van der Waals surface area (Å²) < 4.78 is 17.8. The van der Waals surface area contributed by atoms with Crippen molar-refractivity contribution in [2.45, 2.75) is 44.4 Å².